The van der Waals surface area contributed by atoms with E-state index in [-0.39, 0.29) is 5.91 Å². The van der Waals surface area contributed by atoms with Crippen LogP contribution in [0, 0.1) is 0 Å². The third-order valence-corrected chi connectivity index (χ3v) is 3.63. The van der Waals surface area contributed by atoms with E-state index in [0.717, 1.165) is 37.5 Å². The van der Waals surface area contributed by atoms with E-state index in [1.807, 2.05) is 17.1 Å². The smallest absolute Gasteiger partial charge is 0.258 e. The highest BCUT2D eigenvalue weighted by atomic mass is 16.5. The SMILES string of the molecule is COc1ccc(/C=C/C(=O)NN2CCN(C)CC2)c(OC)c1. The Morgan fingerprint density at radius 1 is 1.18 bits per heavy atom. The Hall–Kier alpha value is -2.05. The number of hydrogen-bond donors (Lipinski definition) is 1. The van der Waals surface area contributed by atoms with E-state index < -0.39 is 0 Å². The first-order chi connectivity index (χ1) is 10.6. The normalized spacial score (nSPS) is 16.7. The molecule has 2 rings (SSSR count). The van der Waals surface area contributed by atoms with Crippen LogP contribution in [0.2, 0.25) is 0 Å². The largest absolute Gasteiger partial charge is 0.497 e. The zero-order valence-corrected chi connectivity index (χ0v) is 13.3. The number of rotatable bonds is 5. The molecule has 1 aliphatic rings. The summed E-state index contributed by atoms with van der Waals surface area (Å²) in [5, 5.41) is 1.94. The minimum absolute atomic E-state index is 0.137. The minimum atomic E-state index is -0.137. The van der Waals surface area contributed by atoms with Crippen LogP contribution >= 0.6 is 0 Å². The third kappa shape index (κ3) is 4.47. The van der Waals surface area contributed by atoms with E-state index in [0.29, 0.717) is 5.75 Å². The maximum Gasteiger partial charge on any atom is 0.258 e. The average Bonchev–Trinajstić information content (AvgIpc) is 2.55. The molecule has 1 aromatic carbocycles. The van der Waals surface area contributed by atoms with Gasteiger partial charge in [0.2, 0.25) is 0 Å². The molecule has 0 spiro atoms. The van der Waals surface area contributed by atoms with E-state index in [4.69, 9.17) is 9.47 Å². The summed E-state index contributed by atoms with van der Waals surface area (Å²) < 4.78 is 10.5. The molecule has 120 valence electrons. The van der Waals surface area contributed by atoms with Gasteiger partial charge in [-0.3, -0.25) is 10.2 Å². The molecule has 6 heteroatoms. The summed E-state index contributed by atoms with van der Waals surface area (Å²) in [5.74, 6) is 1.25. The Kier molecular flexibility index (Phi) is 5.80. The maximum atomic E-state index is 12.0. The quantitative estimate of drug-likeness (QED) is 0.823. The monoisotopic (exact) mass is 305 g/mol. The summed E-state index contributed by atoms with van der Waals surface area (Å²) in [6.45, 7) is 3.58. The highest BCUT2D eigenvalue weighted by molar-refractivity contribution is 5.91. The molecule has 0 radical (unpaired) electrons. The van der Waals surface area contributed by atoms with Gasteiger partial charge in [0.15, 0.2) is 0 Å². The third-order valence-electron chi connectivity index (χ3n) is 3.63. The Morgan fingerprint density at radius 3 is 2.55 bits per heavy atom. The number of amides is 1. The second kappa shape index (κ2) is 7.82. The molecule has 0 aromatic heterocycles. The summed E-state index contributed by atoms with van der Waals surface area (Å²) in [6.07, 6.45) is 3.26. The van der Waals surface area contributed by atoms with E-state index in [1.165, 1.54) is 6.08 Å². The topological polar surface area (TPSA) is 54.0 Å². The first-order valence-corrected chi connectivity index (χ1v) is 7.26. The molecule has 0 saturated carbocycles. The van der Waals surface area contributed by atoms with Crippen LogP contribution in [0.4, 0.5) is 0 Å². The van der Waals surface area contributed by atoms with Gasteiger partial charge in [-0.05, 0) is 25.3 Å². The van der Waals surface area contributed by atoms with Crippen molar-refractivity contribution in [1.82, 2.24) is 15.3 Å². The van der Waals surface area contributed by atoms with Gasteiger partial charge < -0.3 is 14.4 Å². The number of nitrogens with zero attached hydrogens (tertiary/aromatic N) is 2. The summed E-state index contributed by atoms with van der Waals surface area (Å²) in [4.78, 5) is 14.2. The number of likely N-dealkylation sites (N-methyl/N-ethyl adjacent to an activating group) is 1. The van der Waals surface area contributed by atoms with Crippen molar-refractivity contribution in [3.05, 3.63) is 29.8 Å². The molecular formula is C16H23N3O3. The first kappa shape index (κ1) is 16.3. The van der Waals surface area contributed by atoms with Crippen LogP contribution in [0.3, 0.4) is 0 Å². The van der Waals surface area contributed by atoms with Crippen LogP contribution < -0.4 is 14.9 Å². The molecule has 1 amide bonds. The molecule has 1 aliphatic heterocycles. The lowest BCUT2D eigenvalue weighted by atomic mass is 10.1. The van der Waals surface area contributed by atoms with Gasteiger partial charge in [-0.15, -0.1) is 0 Å². The average molecular weight is 305 g/mol. The fraction of sp³-hybridized carbons (Fsp3) is 0.438. The zero-order valence-electron chi connectivity index (χ0n) is 13.3. The molecule has 1 N–H and O–H groups in total. The van der Waals surface area contributed by atoms with Crippen molar-refractivity contribution in [2.24, 2.45) is 0 Å². The molecule has 1 saturated heterocycles. The van der Waals surface area contributed by atoms with Gasteiger partial charge in [-0.2, -0.15) is 0 Å². The number of hydrazine groups is 1. The van der Waals surface area contributed by atoms with Crippen molar-refractivity contribution in [2.75, 3.05) is 47.4 Å². The molecule has 0 aliphatic carbocycles. The fourth-order valence-corrected chi connectivity index (χ4v) is 2.23. The van der Waals surface area contributed by atoms with E-state index >= 15 is 0 Å². The van der Waals surface area contributed by atoms with E-state index in [2.05, 4.69) is 17.4 Å². The molecule has 0 bridgehead atoms. The number of ether oxygens (including phenoxy) is 2. The standard InChI is InChI=1S/C16H23N3O3/c1-18-8-10-19(11-9-18)17-16(20)7-5-13-4-6-14(21-2)12-15(13)22-3/h4-7,12H,8-11H2,1-3H3,(H,17,20)/b7-5+. The Bertz CT molecular complexity index is 537. The molecule has 1 aromatic rings. The van der Waals surface area contributed by atoms with E-state index in [9.17, 15) is 4.79 Å². The molecular weight excluding hydrogens is 282 g/mol. The van der Waals surface area contributed by atoms with Gasteiger partial charge in [-0.25, -0.2) is 5.01 Å². The summed E-state index contributed by atoms with van der Waals surface area (Å²) >= 11 is 0. The highest BCUT2D eigenvalue weighted by Crippen LogP contribution is 2.25. The second-order valence-corrected chi connectivity index (χ2v) is 5.21. The van der Waals surface area contributed by atoms with Crippen LogP contribution in [0.25, 0.3) is 6.08 Å². The van der Waals surface area contributed by atoms with E-state index in [1.54, 1.807) is 26.4 Å². The van der Waals surface area contributed by atoms with Crippen molar-refractivity contribution in [3.63, 3.8) is 0 Å². The minimum Gasteiger partial charge on any atom is -0.497 e. The molecule has 0 unspecified atom stereocenters. The lowest BCUT2D eigenvalue weighted by Crippen LogP contribution is -2.52. The van der Waals surface area contributed by atoms with Gasteiger partial charge in [-0.1, -0.05) is 0 Å². The van der Waals surface area contributed by atoms with Crippen molar-refractivity contribution in [1.29, 1.82) is 0 Å². The van der Waals surface area contributed by atoms with Crippen LogP contribution in [0.1, 0.15) is 5.56 Å². The number of piperazine rings is 1. The van der Waals surface area contributed by atoms with Crippen LogP contribution in [0.5, 0.6) is 11.5 Å². The van der Waals surface area contributed by atoms with Gasteiger partial charge >= 0.3 is 0 Å². The predicted molar refractivity (Wildman–Crippen MR) is 85.8 cm³/mol. The number of carbonyl (C=O) groups excluding carboxylic acids is 1. The number of methoxy groups -OCH3 is 2. The Labute approximate surface area is 131 Å². The number of carbonyl (C=O) groups is 1. The Morgan fingerprint density at radius 2 is 1.91 bits per heavy atom. The van der Waals surface area contributed by atoms with Crippen molar-refractivity contribution >= 4 is 12.0 Å². The van der Waals surface area contributed by atoms with Crippen molar-refractivity contribution in [2.45, 2.75) is 0 Å². The maximum absolute atomic E-state index is 12.0. The second-order valence-electron chi connectivity index (χ2n) is 5.21. The van der Waals surface area contributed by atoms with Gasteiger partial charge in [0, 0.05) is 43.9 Å². The fourth-order valence-electron chi connectivity index (χ4n) is 2.23. The summed E-state index contributed by atoms with van der Waals surface area (Å²) in [6, 6.07) is 5.48. The highest BCUT2D eigenvalue weighted by Gasteiger charge is 2.14. The number of nitrogens with one attached hydrogen (secondary N) is 1. The summed E-state index contributed by atoms with van der Waals surface area (Å²) in [7, 11) is 5.28. The molecule has 0 atom stereocenters. The molecule has 6 nitrogen and oxygen atoms in total. The van der Waals surface area contributed by atoms with Crippen molar-refractivity contribution < 1.29 is 14.3 Å². The predicted octanol–water partition coefficient (Wildman–Crippen LogP) is 0.996. The first-order valence-electron chi connectivity index (χ1n) is 7.26. The summed E-state index contributed by atoms with van der Waals surface area (Å²) in [5.41, 5.74) is 3.72. The van der Waals surface area contributed by atoms with Crippen LogP contribution in [-0.2, 0) is 4.79 Å². The lowest BCUT2D eigenvalue weighted by Gasteiger charge is -2.31. The van der Waals surface area contributed by atoms with Crippen molar-refractivity contribution in [3.8, 4) is 11.5 Å². The Balaban J connectivity index is 1.94. The van der Waals surface area contributed by atoms with Gasteiger partial charge in [0.1, 0.15) is 11.5 Å². The molecule has 22 heavy (non-hydrogen) atoms. The molecule has 1 heterocycles. The number of benzene rings is 1. The van der Waals surface area contributed by atoms with Crippen LogP contribution in [0.15, 0.2) is 24.3 Å². The number of hydrogen-bond acceptors (Lipinski definition) is 5. The lowest BCUT2D eigenvalue weighted by molar-refractivity contribution is -0.121. The van der Waals surface area contributed by atoms with Gasteiger partial charge in [0.25, 0.3) is 5.91 Å². The molecule has 1 fully saturated rings. The zero-order chi connectivity index (χ0) is 15.9. The van der Waals surface area contributed by atoms with Gasteiger partial charge in [0.05, 0.1) is 14.2 Å². The van der Waals surface area contributed by atoms with Crippen LogP contribution in [-0.4, -0.2) is 63.3 Å².